The van der Waals surface area contributed by atoms with Crippen LogP contribution in [0.2, 0.25) is 0 Å². The first-order chi connectivity index (χ1) is 40.0. The Morgan fingerprint density at radius 2 is 0.568 bits per heavy atom. The topological polar surface area (TPSA) is 95.9 Å². The molecule has 0 heterocycles. The number of unbranched alkanes of at least 4 members (excludes halogenated alkanes) is 60. The van der Waals surface area contributed by atoms with Gasteiger partial charge in [0.25, 0.3) is 0 Å². The van der Waals surface area contributed by atoms with Crippen LogP contribution in [0.15, 0.2) is 12.2 Å². The number of ether oxygens (including phenoxy) is 1. The van der Waals surface area contributed by atoms with Gasteiger partial charge in [0, 0.05) is 12.8 Å². The Morgan fingerprint density at radius 1 is 0.333 bits per heavy atom. The van der Waals surface area contributed by atoms with Crippen molar-refractivity contribution in [2.45, 2.75) is 443 Å². The number of aliphatic hydroxyl groups excluding tert-OH is 2. The Labute approximate surface area is 508 Å². The van der Waals surface area contributed by atoms with Crippen molar-refractivity contribution in [2.24, 2.45) is 0 Å². The molecule has 0 saturated carbocycles. The Kier molecular flexibility index (Phi) is 69.9. The maximum atomic E-state index is 12.5. The van der Waals surface area contributed by atoms with Crippen molar-refractivity contribution in [3.8, 4) is 0 Å². The molecule has 0 radical (unpaired) electrons. The van der Waals surface area contributed by atoms with E-state index in [1.54, 1.807) is 6.08 Å². The lowest BCUT2D eigenvalue weighted by Gasteiger charge is -2.20. The Hall–Kier alpha value is -1.40. The van der Waals surface area contributed by atoms with Gasteiger partial charge in [0.15, 0.2) is 0 Å². The molecule has 0 saturated heterocycles. The van der Waals surface area contributed by atoms with Gasteiger partial charge in [-0.25, -0.2) is 0 Å². The number of carbonyl (C=O) groups excluding carboxylic acids is 2. The van der Waals surface area contributed by atoms with Gasteiger partial charge in [-0.1, -0.05) is 398 Å². The Morgan fingerprint density at radius 3 is 0.840 bits per heavy atom. The first kappa shape index (κ1) is 79.6. The molecule has 0 aromatic carbocycles. The summed E-state index contributed by atoms with van der Waals surface area (Å²) in [5.74, 6) is -0.0365. The summed E-state index contributed by atoms with van der Waals surface area (Å²) in [6.45, 7) is 4.96. The molecule has 6 nitrogen and oxygen atoms in total. The minimum absolute atomic E-state index is 0.0232. The third-order valence-electron chi connectivity index (χ3n) is 17.8. The highest BCUT2D eigenvalue weighted by atomic mass is 16.5. The van der Waals surface area contributed by atoms with E-state index >= 15 is 0 Å². The number of amides is 1. The summed E-state index contributed by atoms with van der Waals surface area (Å²) in [6, 6.07) is -0.625. The van der Waals surface area contributed by atoms with Crippen LogP contribution in [-0.2, 0) is 14.3 Å². The van der Waals surface area contributed by atoms with Crippen molar-refractivity contribution >= 4 is 11.9 Å². The summed E-state index contributed by atoms with van der Waals surface area (Å²) in [5, 5.41) is 23.3. The van der Waals surface area contributed by atoms with Crippen LogP contribution in [0.5, 0.6) is 0 Å². The molecule has 3 N–H and O–H groups in total. The van der Waals surface area contributed by atoms with Gasteiger partial charge >= 0.3 is 5.97 Å². The fourth-order valence-electron chi connectivity index (χ4n) is 12.1. The lowest BCUT2D eigenvalue weighted by Crippen LogP contribution is -2.45. The first-order valence-corrected chi connectivity index (χ1v) is 37.5. The molecule has 0 fully saturated rings. The van der Waals surface area contributed by atoms with Crippen molar-refractivity contribution in [3.63, 3.8) is 0 Å². The summed E-state index contributed by atoms with van der Waals surface area (Å²) in [7, 11) is 0. The lowest BCUT2D eigenvalue weighted by molar-refractivity contribution is -0.143. The van der Waals surface area contributed by atoms with E-state index in [1.165, 1.54) is 366 Å². The number of hydrogen-bond donors (Lipinski definition) is 3. The molecule has 0 aliphatic carbocycles. The Bertz CT molecular complexity index is 1220. The number of carbonyl (C=O) groups is 2. The van der Waals surface area contributed by atoms with E-state index in [1.807, 2.05) is 6.08 Å². The van der Waals surface area contributed by atoms with Gasteiger partial charge in [0.2, 0.25) is 5.91 Å². The summed E-state index contributed by atoms with van der Waals surface area (Å²) in [5.41, 5.74) is 0. The maximum absolute atomic E-state index is 12.5. The zero-order valence-electron chi connectivity index (χ0n) is 55.3. The van der Waals surface area contributed by atoms with Gasteiger partial charge in [0.05, 0.1) is 25.4 Å². The molecule has 0 aliphatic heterocycles. The van der Waals surface area contributed by atoms with Crippen molar-refractivity contribution in [3.05, 3.63) is 12.2 Å². The molecular formula is C75H147NO5. The third-order valence-corrected chi connectivity index (χ3v) is 17.8. The van der Waals surface area contributed by atoms with Gasteiger partial charge in [-0.15, -0.1) is 0 Å². The van der Waals surface area contributed by atoms with Gasteiger partial charge in [-0.2, -0.15) is 0 Å². The van der Waals surface area contributed by atoms with Gasteiger partial charge in [0.1, 0.15) is 0 Å². The molecule has 6 heteroatoms. The Balaban J connectivity index is 3.35. The van der Waals surface area contributed by atoms with E-state index in [2.05, 4.69) is 19.2 Å². The minimum atomic E-state index is -0.842. The molecule has 2 unspecified atom stereocenters. The van der Waals surface area contributed by atoms with Crippen LogP contribution in [0.4, 0.5) is 0 Å². The van der Waals surface area contributed by atoms with E-state index in [4.69, 9.17) is 4.74 Å². The summed E-state index contributed by atoms with van der Waals surface area (Å²) < 4.78 is 5.50. The van der Waals surface area contributed by atoms with Crippen LogP contribution < -0.4 is 5.32 Å². The van der Waals surface area contributed by atoms with Crippen molar-refractivity contribution < 1.29 is 24.5 Å². The average molecular weight is 1140 g/mol. The monoisotopic (exact) mass is 1140 g/mol. The van der Waals surface area contributed by atoms with Crippen LogP contribution in [0.1, 0.15) is 431 Å². The summed E-state index contributed by atoms with van der Waals surface area (Å²) >= 11 is 0. The summed E-state index contributed by atoms with van der Waals surface area (Å²) in [6.07, 6.45) is 88.8. The van der Waals surface area contributed by atoms with Crippen LogP contribution in [-0.4, -0.2) is 47.4 Å². The predicted molar refractivity (Wildman–Crippen MR) is 357 cm³/mol. The SMILES string of the molecule is CCCCCCCCCCCCCCCCCCCC/C=C/C(O)C(CO)NC(=O)CCCCCCCCCCCCCCCCCCCCCCCCCCCCCCCOC(=O)CCCCCCCCCCCCCCCCC. The smallest absolute Gasteiger partial charge is 0.305 e. The van der Waals surface area contributed by atoms with Crippen molar-refractivity contribution in [2.75, 3.05) is 13.2 Å². The molecule has 81 heavy (non-hydrogen) atoms. The fraction of sp³-hybridized carbons (Fsp3) is 0.947. The maximum Gasteiger partial charge on any atom is 0.305 e. The standard InChI is InChI=1S/C75H147NO5/c1-3-5-7-9-11-13-15-17-19-20-21-33-36-40-43-47-51-55-59-63-67-73(78)72(71-77)76-74(79)68-64-60-56-52-48-44-41-37-34-31-29-27-25-23-22-24-26-28-30-32-35-38-42-46-50-54-58-62-66-70-81-75(80)69-65-61-57-53-49-45-39-18-16-14-12-10-8-6-4-2/h63,67,72-73,77-78H,3-62,64-66,68-71H2,1-2H3,(H,76,79)/b67-63+. The second kappa shape index (κ2) is 71.1. The molecule has 482 valence electrons. The molecule has 2 atom stereocenters. The molecule has 1 amide bonds. The van der Waals surface area contributed by atoms with Crippen molar-refractivity contribution in [1.82, 2.24) is 5.32 Å². The van der Waals surface area contributed by atoms with E-state index < -0.39 is 12.1 Å². The molecular weight excluding hydrogens is 995 g/mol. The van der Waals surface area contributed by atoms with E-state index in [9.17, 15) is 19.8 Å². The highest BCUT2D eigenvalue weighted by Gasteiger charge is 2.18. The number of hydrogen-bond acceptors (Lipinski definition) is 5. The highest BCUT2D eigenvalue weighted by Crippen LogP contribution is 2.20. The van der Waals surface area contributed by atoms with Gasteiger partial charge < -0.3 is 20.3 Å². The third kappa shape index (κ3) is 67.6. The minimum Gasteiger partial charge on any atom is -0.466 e. The second-order valence-corrected chi connectivity index (χ2v) is 26.0. The van der Waals surface area contributed by atoms with Crippen LogP contribution in [0.3, 0.4) is 0 Å². The largest absolute Gasteiger partial charge is 0.466 e. The van der Waals surface area contributed by atoms with Crippen LogP contribution >= 0.6 is 0 Å². The van der Waals surface area contributed by atoms with E-state index in [0.717, 1.165) is 38.5 Å². The number of aliphatic hydroxyl groups is 2. The molecule has 0 aliphatic rings. The number of esters is 1. The zero-order valence-corrected chi connectivity index (χ0v) is 55.3. The second-order valence-electron chi connectivity index (χ2n) is 26.0. The average Bonchev–Trinajstić information content (AvgIpc) is 3.47. The zero-order chi connectivity index (χ0) is 58.5. The van der Waals surface area contributed by atoms with Crippen LogP contribution in [0.25, 0.3) is 0 Å². The lowest BCUT2D eigenvalue weighted by atomic mass is 10.0. The molecule has 0 rings (SSSR count). The molecule has 0 spiro atoms. The molecule has 0 aromatic rings. The van der Waals surface area contributed by atoms with Crippen molar-refractivity contribution in [1.29, 1.82) is 0 Å². The van der Waals surface area contributed by atoms with Crippen LogP contribution in [0, 0.1) is 0 Å². The quantitative estimate of drug-likeness (QED) is 0.0320. The fourth-order valence-corrected chi connectivity index (χ4v) is 12.1. The van der Waals surface area contributed by atoms with Gasteiger partial charge in [-0.05, 0) is 32.1 Å². The number of nitrogens with one attached hydrogen (secondary N) is 1. The van der Waals surface area contributed by atoms with Gasteiger partial charge in [-0.3, -0.25) is 9.59 Å². The normalized spacial score (nSPS) is 12.5. The molecule has 0 bridgehead atoms. The molecule has 0 aromatic heterocycles. The number of rotatable bonds is 71. The first-order valence-electron chi connectivity index (χ1n) is 37.5. The number of allylic oxidation sites excluding steroid dienone is 1. The highest BCUT2D eigenvalue weighted by molar-refractivity contribution is 5.76. The van der Waals surface area contributed by atoms with E-state index in [0.29, 0.717) is 19.4 Å². The van der Waals surface area contributed by atoms with E-state index in [-0.39, 0.29) is 18.5 Å². The predicted octanol–water partition coefficient (Wildman–Crippen LogP) is 24.3. The summed E-state index contributed by atoms with van der Waals surface area (Å²) in [4.78, 5) is 24.6.